The second-order valence-electron chi connectivity index (χ2n) is 7.83. The zero-order valence-electron chi connectivity index (χ0n) is 14.2. The summed E-state index contributed by atoms with van der Waals surface area (Å²) in [7, 11) is 0. The van der Waals surface area contributed by atoms with Gasteiger partial charge in [0, 0.05) is 25.7 Å². The molecule has 1 saturated heterocycles. The summed E-state index contributed by atoms with van der Waals surface area (Å²) < 4.78 is 5.44. The molecule has 1 saturated carbocycles. The van der Waals surface area contributed by atoms with E-state index in [-0.39, 0.29) is 6.09 Å². The van der Waals surface area contributed by atoms with Crippen LogP contribution in [0.3, 0.4) is 0 Å². The van der Waals surface area contributed by atoms with E-state index >= 15 is 0 Å². The SMILES string of the molecule is CCC1(CNC2CCN(C(=O)OC(C)(C)C)CC2)CCC1. The van der Waals surface area contributed by atoms with Crippen LogP contribution >= 0.6 is 0 Å². The van der Waals surface area contributed by atoms with Crippen molar-refractivity contribution in [3.05, 3.63) is 0 Å². The fraction of sp³-hybridized carbons (Fsp3) is 0.941. The molecule has 1 amide bonds. The first-order valence-corrected chi connectivity index (χ1v) is 8.55. The predicted molar refractivity (Wildman–Crippen MR) is 85.4 cm³/mol. The van der Waals surface area contributed by atoms with Crippen molar-refractivity contribution in [2.45, 2.75) is 77.9 Å². The molecule has 21 heavy (non-hydrogen) atoms. The largest absolute Gasteiger partial charge is 0.444 e. The molecule has 2 aliphatic rings. The molecule has 0 radical (unpaired) electrons. The molecule has 0 aromatic carbocycles. The number of likely N-dealkylation sites (tertiary alicyclic amines) is 1. The highest BCUT2D eigenvalue weighted by atomic mass is 16.6. The van der Waals surface area contributed by atoms with Gasteiger partial charge >= 0.3 is 6.09 Å². The number of ether oxygens (including phenoxy) is 1. The second kappa shape index (κ2) is 6.55. The smallest absolute Gasteiger partial charge is 0.410 e. The van der Waals surface area contributed by atoms with Gasteiger partial charge in [0.25, 0.3) is 0 Å². The number of nitrogens with zero attached hydrogens (tertiary/aromatic N) is 1. The maximum Gasteiger partial charge on any atom is 0.410 e. The molecular formula is C17H32N2O2. The molecule has 0 aromatic rings. The van der Waals surface area contributed by atoms with Crippen LogP contribution in [0.1, 0.15) is 66.2 Å². The minimum Gasteiger partial charge on any atom is -0.444 e. The van der Waals surface area contributed by atoms with E-state index in [1.807, 2.05) is 25.7 Å². The molecule has 0 atom stereocenters. The number of hydrogen-bond acceptors (Lipinski definition) is 3. The highest BCUT2D eigenvalue weighted by Gasteiger charge is 2.35. The third-order valence-electron chi connectivity index (χ3n) is 5.08. The summed E-state index contributed by atoms with van der Waals surface area (Å²) in [6, 6.07) is 0.563. The van der Waals surface area contributed by atoms with Crippen molar-refractivity contribution in [3.63, 3.8) is 0 Å². The van der Waals surface area contributed by atoms with Crippen molar-refractivity contribution in [1.82, 2.24) is 10.2 Å². The van der Waals surface area contributed by atoms with Crippen LogP contribution in [0.15, 0.2) is 0 Å². The second-order valence-corrected chi connectivity index (χ2v) is 7.83. The van der Waals surface area contributed by atoms with Crippen molar-refractivity contribution in [1.29, 1.82) is 0 Å². The molecule has 4 nitrogen and oxygen atoms in total. The van der Waals surface area contributed by atoms with Gasteiger partial charge in [-0.3, -0.25) is 0 Å². The van der Waals surface area contributed by atoms with Gasteiger partial charge in [0.05, 0.1) is 0 Å². The summed E-state index contributed by atoms with van der Waals surface area (Å²) in [5, 5.41) is 3.74. The Morgan fingerprint density at radius 1 is 1.29 bits per heavy atom. The number of rotatable bonds is 4. The fourth-order valence-electron chi connectivity index (χ4n) is 3.29. The Morgan fingerprint density at radius 3 is 2.33 bits per heavy atom. The van der Waals surface area contributed by atoms with Gasteiger partial charge in [0.15, 0.2) is 0 Å². The lowest BCUT2D eigenvalue weighted by Gasteiger charge is -2.43. The number of hydrogen-bond donors (Lipinski definition) is 1. The van der Waals surface area contributed by atoms with Crippen molar-refractivity contribution in [3.8, 4) is 0 Å². The Kier molecular flexibility index (Phi) is 5.18. The van der Waals surface area contributed by atoms with E-state index in [0.29, 0.717) is 11.5 Å². The Bertz CT molecular complexity index is 345. The highest BCUT2D eigenvalue weighted by Crippen LogP contribution is 2.43. The first-order chi connectivity index (χ1) is 9.84. The Morgan fingerprint density at radius 2 is 1.90 bits per heavy atom. The Balaban J connectivity index is 1.69. The zero-order valence-corrected chi connectivity index (χ0v) is 14.2. The van der Waals surface area contributed by atoms with Crippen LogP contribution in [0.2, 0.25) is 0 Å². The maximum absolute atomic E-state index is 12.0. The number of nitrogens with one attached hydrogen (secondary N) is 1. The van der Waals surface area contributed by atoms with E-state index < -0.39 is 5.60 Å². The topological polar surface area (TPSA) is 41.6 Å². The predicted octanol–water partition coefficient (Wildman–Crippen LogP) is 3.56. The van der Waals surface area contributed by atoms with Crippen LogP contribution in [0.5, 0.6) is 0 Å². The normalized spacial score (nSPS) is 22.8. The summed E-state index contributed by atoms with van der Waals surface area (Å²) >= 11 is 0. The van der Waals surface area contributed by atoms with Crippen LogP contribution in [-0.2, 0) is 4.74 Å². The van der Waals surface area contributed by atoms with Crippen molar-refractivity contribution in [2.24, 2.45) is 5.41 Å². The van der Waals surface area contributed by atoms with E-state index in [0.717, 1.165) is 32.5 Å². The molecule has 2 rings (SSSR count). The molecule has 0 bridgehead atoms. The monoisotopic (exact) mass is 296 g/mol. The van der Waals surface area contributed by atoms with Gasteiger partial charge in [-0.1, -0.05) is 13.3 Å². The molecule has 2 fully saturated rings. The molecule has 0 unspecified atom stereocenters. The van der Waals surface area contributed by atoms with Crippen LogP contribution in [-0.4, -0.2) is 42.3 Å². The number of amides is 1. The van der Waals surface area contributed by atoms with Crippen molar-refractivity contribution < 1.29 is 9.53 Å². The molecule has 4 heteroatoms. The lowest BCUT2D eigenvalue weighted by Crippen LogP contribution is -2.49. The van der Waals surface area contributed by atoms with E-state index in [9.17, 15) is 4.79 Å². The first kappa shape index (κ1) is 16.6. The van der Waals surface area contributed by atoms with Gasteiger partial charge in [-0.05, 0) is 58.3 Å². The van der Waals surface area contributed by atoms with Crippen LogP contribution in [0.4, 0.5) is 4.79 Å². The third-order valence-corrected chi connectivity index (χ3v) is 5.08. The maximum atomic E-state index is 12.0. The average Bonchev–Trinajstić information content (AvgIpc) is 2.36. The molecule has 1 N–H and O–H groups in total. The fourth-order valence-corrected chi connectivity index (χ4v) is 3.29. The lowest BCUT2D eigenvalue weighted by atomic mass is 9.67. The van der Waals surface area contributed by atoms with Crippen molar-refractivity contribution >= 4 is 6.09 Å². The van der Waals surface area contributed by atoms with E-state index in [1.54, 1.807) is 0 Å². The summed E-state index contributed by atoms with van der Waals surface area (Å²) in [6.07, 6.45) is 7.37. The number of carbonyl (C=O) groups excluding carboxylic acids is 1. The zero-order chi connectivity index (χ0) is 15.5. The quantitative estimate of drug-likeness (QED) is 0.862. The van der Waals surface area contributed by atoms with Crippen LogP contribution < -0.4 is 5.32 Å². The number of piperidine rings is 1. The molecule has 0 spiro atoms. The molecule has 1 heterocycles. The summed E-state index contributed by atoms with van der Waals surface area (Å²) in [5.41, 5.74) is 0.173. The van der Waals surface area contributed by atoms with Gasteiger partial charge in [0.1, 0.15) is 5.60 Å². The molecule has 1 aliphatic carbocycles. The van der Waals surface area contributed by atoms with Gasteiger partial charge in [-0.15, -0.1) is 0 Å². The van der Waals surface area contributed by atoms with Gasteiger partial charge in [-0.2, -0.15) is 0 Å². The van der Waals surface area contributed by atoms with E-state index in [4.69, 9.17) is 4.74 Å². The minimum atomic E-state index is -0.399. The van der Waals surface area contributed by atoms with E-state index in [1.165, 1.54) is 25.7 Å². The standard InChI is InChI=1S/C17H32N2O2/c1-5-17(9-6-10-17)13-18-14-7-11-19(12-8-14)15(20)21-16(2,3)4/h14,18H,5-13H2,1-4H3. The summed E-state index contributed by atoms with van der Waals surface area (Å²) in [5.74, 6) is 0. The van der Waals surface area contributed by atoms with Gasteiger partial charge < -0.3 is 15.0 Å². The Hall–Kier alpha value is -0.770. The number of carbonyl (C=O) groups is 1. The Labute approximate surface area is 129 Å². The summed E-state index contributed by atoms with van der Waals surface area (Å²) in [6.45, 7) is 10.8. The van der Waals surface area contributed by atoms with Crippen LogP contribution in [0, 0.1) is 5.41 Å². The van der Waals surface area contributed by atoms with Crippen LogP contribution in [0.25, 0.3) is 0 Å². The third kappa shape index (κ3) is 4.60. The summed E-state index contributed by atoms with van der Waals surface area (Å²) in [4.78, 5) is 13.9. The average molecular weight is 296 g/mol. The van der Waals surface area contributed by atoms with Gasteiger partial charge in [0.2, 0.25) is 0 Å². The minimum absolute atomic E-state index is 0.162. The van der Waals surface area contributed by atoms with Crippen molar-refractivity contribution in [2.75, 3.05) is 19.6 Å². The first-order valence-electron chi connectivity index (χ1n) is 8.55. The molecule has 0 aromatic heterocycles. The highest BCUT2D eigenvalue weighted by molar-refractivity contribution is 5.68. The lowest BCUT2D eigenvalue weighted by molar-refractivity contribution is 0.0190. The van der Waals surface area contributed by atoms with Gasteiger partial charge in [-0.25, -0.2) is 4.79 Å². The molecular weight excluding hydrogens is 264 g/mol. The molecule has 1 aliphatic heterocycles. The van der Waals surface area contributed by atoms with E-state index in [2.05, 4.69) is 12.2 Å². The molecule has 122 valence electrons.